The Labute approximate surface area is 121 Å². The second kappa shape index (κ2) is 5.98. The average molecular weight is 298 g/mol. The molecule has 0 bridgehead atoms. The van der Waals surface area contributed by atoms with Crippen molar-refractivity contribution in [3.8, 4) is 0 Å². The maximum Gasteiger partial charge on any atom is 0.0545 e. The van der Waals surface area contributed by atoms with Gasteiger partial charge in [-0.15, -0.1) is 0 Å². The highest BCUT2D eigenvalue weighted by molar-refractivity contribution is 7.99. The molecule has 0 fully saturated rings. The van der Waals surface area contributed by atoms with Gasteiger partial charge in [-0.1, -0.05) is 53.2 Å². The van der Waals surface area contributed by atoms with Gasteiger partial charge >= 0.3 is 0 Å². The van der Waals surface area contributed by atoms with Gasteiger partial charge in [0.15, 0.2) is 0 Å². The van der Waals surface area contributed by atoms with Crippen LogP contribution in [0.2, 0.25) is 10.0 Å². The molecule has 0 radical (unpaired) electrons. The lowest BCUT2D eigenvalue weighted by molar-refractivity contribution is 0.817. The number of rotatable bonds is 3. The minimum atomic E-state index is -0.0585. The molecule has 0 saturated heterocycles. The Morgan fingerprint density at radius 3 is 2.39 bits per heavy atom. The van der Waals surface area contributed by atoms with Crippen LogP contribution in [-0.4, -0.2) is 0 Å². The number of nitrogens with two attached hydrogens (primary N) is 1. The predicted molar refractivity (Wildman–Crippen MR) is 79.6 cm³/mol. The number of hydrogen-bond acceptors (Lipinski definition) is 2. The van der Waals surface area contributed by atoms with Crippen molar-refractivity contribution in [1.82, 2.24) is 0 Å². The molecule has 0 aromatic heterocycles. The van der Waals surface area contributed by atoms with Crippen molar-refractivity contribution < 1.29 is 0 Å². The van der Waals surface area contributed by atoms with Crippen LogP contribution in [-0.2, 0) is 0 Å². The quantitative estimate of drug-likeness (QED) is 0.846. The van der Waals surface area contributed by atoms with Crippen molar-refractivity contribution in [2.24, 2.45) is 5.73 Å². The maximum absolute atomic E-state index is 6.20. The van der Waals surface area contributed by atoms with Gasteiger partial charge in [-0.05, 0) is 36.8 Å². The van der Waals surface area contributed by atoms with E-state index >= 15 is 0 Å². The van der Waals surface area contributed by atoms with Gasteiger partial charge in [0.05, 0.1) is 5.02 Å². The van der Waals surface area contributed by atoms with Crippen LogP contribution in [0.1, 0.15) is 18.5 Å². The molecule has 2 aromatic rings. The molecule has 0 amide bonds. The van der Waals surface area contributed by atoms with Crippen LogP contribution in [0.5, 0.6) is 0 Å². The summed E-state index contributed by atoms with van der Waals surface area (Å²) in [5.74, 6) is 0. The van der Waals surface area contributed by atoms with Crippen LogP contribution < -0.4 is 5.73 Å². The summed E-state index contributed by atoms with van der Waals surface area (Å²) in [4.78, 5) is 2.07. The van der Waals surface area contributed by atoms with Crippen molar-refractivity contribution in [3.63, 3.8) is 0 Å². The fourth-order valence-electron chi connectivity index (χ4n) is 1.60. The first-order valence-electron chi connectivity index (χ1n) is 5.55. The zero-order chi connectivity index (χ0) is 13.1. The van der Waals surface area contributed by atoms with Gasteiger partial charge in [-0.3, -0.25) is 0 Å². The molecule has 0 aliphatic rings. The summed E-state index contributed by atoms with van der Waals surface area (Å²) in [6.45, 7) is 1.92. The molecule has 0 aliphatic carbocycles. The monoisotopic (exact) mass is 297 g/mol. The van der Waals surface area contributed by atoms with Gasteiger partial charge < -0.3 is 5.73 Å². The second-order valence-electron chi connectivity index (χ2n) is 4.00. The van der Waals surface area contributed by atoms with E-state index in [1.54, 1.807) is 11.8 Å². The summed E-state index contributed by atoms with van der Waals surface area (Å²) in [7, 11) is 0. The van der Waals surface area contributed by atoms with E-state index in [0.29, 0.717) is 5.02 Å². The Bertz CT molecular complexity index is 555. The molecule has 1 unspecified atom stereocenters. The Morgan fingerprint density at radius 2 is 1.78 bits per heavy atom. The van der Waals surface area contributed by atoms with E-state index in [-0.39, 0.29) is 6.04 Å². The third-order valence-corrected chi connectivity index (χ3v) is 4.36. The standard InChI is InChI=1S/C14H13Cl2NS/c1-9(17)11-7-6-10(8-13(11)16)18-14-5-3-2-4-12(14)15/h2-9H,17H2,1H3. The van der Waals surface area contributed by atoms with Crippen molar-refractivity contribution in [2.75, 3.05) is 0 Å². The molecule has 0 saturated carbocycles. The van der Waals surface area contributed by atoms with Crippen LogP contribution in [0.3, 0.4) is 0 Å². The normalized spacial score (nSPS) is 12.4. The van der Waals surface area contributed by atoms with Crippen LogP contribution in [0.25, 0.3) is 0 Å². The van der Waals surface area contributed by atoms with E-state index < -0.39 is 0 Å². The Kier molecular flexibility index (Phi) is 4.57. The number of hydrogen-bond donors (Lipinski definition) is 1. The number of halogens is 2. The third kappa shape index (κ3) is 3.21. The van der Waals surface area contributed by atoms with E-state index in [1.807, 2.05) is 49.4 Å². The molecule has 1 nitrogen and oxygen atoms in total. The topological polar surface area (TPSA) is 26.0 Å². The summed E-state index contributed by atoms with van der Waals surface area (Å²) >= 11 is 13.9. The predicted octanol–water partition coefficient (Wildman–Crippen LogP) is 5.16. The largest absolute Gasteiger partial charge is 0.324 e. The zero-order valence-electron chi connectivity index (χ0n) is 9.86. The lowest BCUT2D eigenvalue weighted by Gasteiger charge is -2.10. The summed E-state index contributed by atoms with van der Waals surface area (Å²) in [6.07, 6.45) is 0. The molecule has 2 rings (SSSR count). The molecule has 4 heteroatoms. The fraction of sp³-hybridized carbons (Fsp3) is 0.143. The first-order chi connectivity index (χ1) is 8.58. The minimum absolute atomic E-state index is 0.0585. The van der Waals surface area contributed by atoms with Crippen LogP contribution >= 0.6 is 35.0 Å². The van der Waals surface area contributed by atoms with Crippen LogP contribution in [0.4, 0.5) is 0 Å². The first kappa shape index (κ1) is 13.8. The molecular weight excluding hydrogens is 285 g/mol. The highest BCUT2D eigenvalue weighted by Gasteiger charge is 2.08. The smallest absolute Gasteiger partial charge is 0.0545 e. The van der Waals surface area contributed by atoms with Gasteiger partial charge in [-0.2, -0.15) is 0 Å². The Balaban J connectivity index is 2.26. The van der Waals surface area contributed by atoms with E-state index in [1.165, 1.54) is 0 Å². The maximum atomic E-state index is 6.20. The Hall–Kier alpha value is -0.670. The summed E-state index contributed by atoms with van der Waals surface area (Å²) in [6, 6.07) is 13.6. The Morgan fingerprint density at radius 1 is 1.06 bits per heavy atom. The molecule has 2 aromatic carbocycles. The van der Waals surface area contributed by atoms with Gasteiger partial charge in [0.25, 0.3) is 0 Å². The first-order valence-corrected chi connectivity index (χ1v) is 7.12. The van der Waals surface area contributed by atoms with E-state index in [0.717, 1.165) is 20.4 Å². The van der Waals surface area contributed by atoms with Crippen molar-refractivity contribution in [3.05, 3.63) is 58.1 Å². The molecule has 18 heavy (non-hydrogen) atoms. The molecule has 2 N–H and O–H groups in total. The highest BCUT2D eigenvalue weighted by Crippen LogP contribution is 2.35. The van der Waals surface area contributed by atoms with E-state index in [4.69, 9.17) is 28.9 Å². The minimum Gasteiger partial charge on any atom is -0.324 e. The van der Waals surface area contributed by atoms with E-state index in [9.17, 15) is 0 Å². The van der Waals surface area contributed by atoms with Gasteiger partial charge in [0, 0.05) is 20.9 Å². The summed E-state index contributed by atoms with van der Waals surface area (Å²) in [5, 5.41) is 1.44. The van der Waals surface area contributed by atoms with Gasteiger partial charge in [0.2, 0.25) is 0 Å². The zero-order valence-corrected chi connectivity index (χ0v) is 12.2. The van der Waals surface area contributed by atoms with Crippen molar-refractivity contribution >= 4 is 35.0 Å². The summed E-state index contributed by atoms with van der Waals surface area (Å²) < 4.78 is 0. The van der Waals surface area contributed by atoms with Crippen molar-refractivity contribution in [2.45, 2.75) is 22.8 Å². The molecule has 0 spiro atoms. The van der Waals surface area contributed by atoms with E-state index in [2.05, 4.69) is 0 Å². The fourth-order valence-corrected chi connectivity index (χ4v) is 3.14. The van der Waals surface area contributed by atoms with Gasteiger partial charge in [0.1, 0.15) is 0 Å². The summed E-state index contributed by atoms with van der Waals surface area (Å²) in [5.41, 5.74) is 6.79. The molecule has 0 aliphatic heterocycles. The third-order valence-electron chi connectivity index (χ3n) is 2.53. The molecule has 94 valence electrons. The SMILES string of the molecule is CC(N)c1ccc(Sc2ccccc2Cl)cc1Cl. The lowest BCUT2D eigenvalue weighted by Crippen LogP contribution is -2.05. The molecule has 1 atom stereocenters. The average Bonchev–Trinajstić information content (AvgIpc) is 2.32. The lowest BCUT2D eigenvalue weighted by atomic mass is 10.1. The second-order valence-corrected chi connectivity index (χ2v) is 5.93. The number of benzene rings is 2. The van der Waals surface area contributed by atoms with Crippen LogP contribution in [0.15, 0.2) is 52.3 Å². The van der Waals surface area contributed by atoms with Gasteiger partial charge in [-0.25, -0.2) is 0 Å². The molecular formula is C14H13Cl2NS. The van der Waals surface area contributed by atoms with Crippen molar-refractivity contribution in [1.29, 1.82) is 0 Å². The highest BCUT2D eigenvalue weighted by atomic mass is 35.5. The van der Waals surface area contributed by atoms with Crippen LogP contribution in [0, 0.1) is 0 Å². The molecule has 0 heterocycles.